The van der Waals surface area contributed by atoms with Crippen LogP contribution in [-0.2, 0) is 0 Å². The van der Waals surface area contributed by atoms with Gasteiger partial charge in [-0.1, -0.05) is 6.92 Å². The van der Waals surface area contributed by atoms with E-state index in [9.17, 15) is 9.59 Å². The smallest absolute Gasteiger partial charge is 0.271 e. The third kappa shape index (κ3) is 3.34. The van der Waals surface area contributed by atoms with E-state index in [-0.39, 0.29) is 41.6 Å². The standard InChI is InChI=1S/C18H20N6O3.ClH/c1-10-8-23(5-4-11(10)19)18(26)13-7-12(14-3-2-6-27-14)22-17-15(16(20)25)21-9-24(13)17;/h2-3,6-7,9-11H,4-5,8,19H2,1H3,(H2,20,25);1H. The summed E-state index contributed by atoms with van der Waals surface area (Å²) < 4.78 is 6.90. The van der Waals surface area contributed by atoms with Gasteiger partial charge in [0, 0.05) is 19.1 Å². The van der Waals surface area contributed by atoms with Gasteiger partial charge < -0.3 is 20.8 Å². The van der Waals surface area contributed by atoms with Gasteiger partial charge in [0.1, 0.15) is 17.7 Å². The van der Waals surface area contributed by atoms with E-state index in [0.29, 0.717) is 30.2 Å². The number of fused-ring (bicyclic) bond motifs is 1. The number of piperidine rings is 1. The minimum Gasteiger partial charge on any atom is -0.463 e. The van der Waals surface area contributed by atoms with Crippen LogP contribution in [-0.4, -0.2) is 50.2 Å². The van der Waals surface area contributed by atoms with Gasteiger partial charge in [0.2, 0.25) is 0 Å². The molecule has 4 heterocycles. The second-order valence-electron chi connectivity index (χ2n) is 6.84. The second kappa shape index (κ2) is 7.61. The van der Waals surface area contributed by atoms with Gasteiger partial charge in [0.15, 0.2) is 17.1 Å². The zero-order valence-corrected chi connectivity index (χ0v) is 16.1. The number of carbonyl (C=O) groups is 2. The molecule has 2 unspecified atom stereocenters. The average Bonchev–Trinajstić information content (AvgIpc) is 3.32. The molecule has 0 aromatic carbocycles. The van der Waals surface area contributed by atoms with Crippen LogP contribution in [0.3, 0.4) is 0 Å². The number of halogens is 1. The lowest BCUT2D eigenvalue weighted by Crippen LogP contribution is -2.48. The highest BCUT2D eigenvalue weighted by atomic mass is 35.5. The lowest BCUT2D eigenvalue weighted by atomic mass is 9.94. The van der Waals surface area contributed by atoms with Crippen molar-refractivity contribution in [2.24, 2.45) is 17.4 Å². The molecule has 4 rings (SSSR count). The maximum atomic E-state index is 13.2. The van der Waals surface area contributed by atoms with Crippen molar-refractivity contribution >= 4 is 29.9 Å². The Morgan fingerprint density at radius 2 is 2.14 bits per heavy atom. The number of hydrogen-bond acceptors (Lipinski definition) is 6. The van der Waals surface area contributed by atoms with Crippen LogP contribution in [0.2, 0.25) is 0 Å². The molecular formula is C18H21ClN6O3. The van der Waals surface area contributed by atoms with Gasteiger partial charge >= 0.3 is 0 Å². The molecule has 1 saturated heterocycles. The summed E-state index contributed by atoms with van der Waals surface area (Å²) in [6.45, 7) is 3.17. The normalized spacial score (nSPS) is 19.4. The zero-order valence-electron chi connectivity index (χ0n) is 15.2. The molecule has 3 aromatic rings. The van der Waals surface area contributed by atoms with E-state index < -0.39 is 5.91 Å². The Hall–Kier alpha value is -2.91. The van der Waals surface area contributed by atoms with E-state index in [0.717, 1.165) is 6.42 Å². The Kier molecular flexibility index (Phi) is 5.39. The molecule has 9 nitrogen and oxygen atoms in total. The minimum absolute atomic E-state index is 0. The molecule has 28 heavy (non-hydrogen) atoms. The first-order valence-electron chi connectivity index (χ1n) is 8.72. The van der Waals surface area contributed by atoms with E-state index >= 15 is 0 Å². The first kappa shape index (κ1) is 19.8. The number of carbonyl (C=O) groups excluding carboxylic acids is 2. The fraction of sp³-hybridized carbons (Fsp3) is 0.333. The lowest BCUT2D eigenvalue weighted by molar-refractivity contribution is 0.0656. The maximum Gasteiger partial charge on any atom is 0.271 e. The monoisotopic (exact) mass is 404 g/mol. The van der Waals surface area contributed by atoms with Gasteiger partial charge in [-0.05, 0) is 30.5 Å². The first-order chi connectivity index (χ1) is 13.0. The fourth-order valence-corrected chi connectivity index (χ4v) is 3.37. The molecule has 3 aromatic heterocycles. The predicted molar refractivity (Wildman–Crippen MR) is 104 cm³/mol. The van der Waals surface area contributed by atoms with Crippen LogP contribution < -0.4 is 11.5 Å². The number of rotatable bonds is 3. The Labute approximate surface area is 167 Å². The summed E-state index contributed by atoms with van der Waals surface area (Å²) in [4.78, 5) is 35.2. The Morgan fingerprint density at radius 3 is 2.79 bits per heavy atom. The summed E-state index contributed by atoms with van der Waals surface area (Å²) in [5.41, 5.74) is 12.5. The van der Waals surface area contributed by atoms with E-state index in [2.05, 4.69) is 9.97 Å². The molecule has 1 fully saturated rings. The van der Waals surface area contributed by atoms with Gasteiger partial charge in [0.05, 0.1) is 6.26 Å². The topological polar surface area (TPSA) is 133 Å². The summed E-state index contributed by atoms with van der Waals surface area (Å²) in [6, 6.07) is 5.18. The Bertz CT molecular complexity index is 1020. The van der Waals surface area contributed by atoms with Crippen molar-refractivity contribution in [2.75, 3.05) is 13.1 Å². The van der Waals surface area contributed by atoms with Crippen molar-refractivity contribution in [3.05, 3.63) is 42.2 Å². The fourth-order valence-electron chi connectivity index (χ4n) is 3.37. The highest BCUT2D eigenvalue weighted by Gasteiger charge is 2.29. The van der Waals surface area contributed by atoms with Crippen LogP contribution in [0.5, 0.6) is 0 Å². The van der Waals surface area contributed by atoms with Gasteiger partial charge in [-0.3, -0.25) is 14.0 Å². The Balaban J connectivity index is 0.00000225. The number of aromatic nitrogens is 3. The highest BCUT2D eigenvalue weighted by Crippen LogP contribution is 2.24. The molecule has 0 aliphatic carbocycles. The minimum atomic E-state index is -0.711. The lowest BCUT2D eigenvalue weighted by Gasteiger charge is -2.35. The summed E-state index contributed by atoms with van der Waals surface area (Å²) in [5, 5.41) is 0. The van der Waals surface area contributed by atoms with Crippen molar-refractivity contribution in [1.82, 2.24) is 19.3 Å². The number of imidazole rings is 1. The van der Waals surface area contributed by atoms with Crippen LogP contribution in [0.15, 0.2) is 35.2 Å². The van der Waals surface area contributed by atoms with E-state index in [4.69, 9.17) is 15.9 Å². The molecule has 2 atom stereocenters. The van der Waals surface area contributed by atoms with Gasteiger partial charge in [-0.15, -0.1) is 12.4 Å². The van der Waals surface area contributed by atoms with Gasteiger partial charge in [-0.25, -0.2) is 9.97 Å². The van der Waals surface area contributed by atoms with Crippen molar-refractivity contribution in [1.29, 1.82) is 0 Å². The predicted octanol–water partition coefficient (Wildman–Crippen LogP) is 1.32. The molecule has 0 saturated carbocycles. The largest absolute Gasteiger partial charge is 0.463 e. The summed E-state index contributed by atoms with van der Waals surface area (Å²) in [5.74, 6) is -0.203. The third-order valence-electron chi connectivity index (χ3n) is 4.99. The molecule has 0 spiro atoms. The highest BCUT2D eigenvalue weighted by molar-refractivity contribution is 5.99. The van der Waals surface area contributed by atoms with Gasteiger partial charge in [0.25, 0.3) is 11.8 Å². The molecule has 0 radical (unpaired) electrons. The number of nitrogens with zero attached hydrogens (tertiary/aromatic N) is 4. The van der Waals surface area contributed by atoms with Crippen molar-refractivity contribution < 1.29 is 14.0 Å². The molecule has 2 amide bonds. The van der Waals surface area contributed by atoms with Crippen molar-refractivity contribution in [3.8, 4) is 11.5 Å². The maximum absolute atomic E-state index is 13.2. The third-order valence-corrected chi connectivity index (χ3v) is 4.99. The SMILES string of the molecule is CC1CN(C(=O)c2cc(-c3ccco3)nc3c(C(N)=O)ncn23)CCC1N.Cl. The second-order valence-corrected chi connectivity index (χ2v) is 6.84. The molecule has 4 N–H and O–H groups in total. The van der Waals surface area contributed by atoms with E-state index in [1.807, 2.05) is 6.92 Å². The van der Waals surface area contributed by atoms with Crippen LogP contribution in [0.25, 0.3) is 17.1 Å². The first-order valence-corrected chi connectivity index (χ1v) is 8.72. The molecule has 0 bridgehead atoms. The molecule has 1 aliphatic heterocycles. The van der Waals surface area contributed by atoms with Crippen molar-refractivity contribution in [3.63, 3.8) is 0 Å². The van der Waals surface area contributed by atoms with Crippen LogP contribution in [0.1, 0.15) is 34.3 Å². The molecule has 1 aliphatic rings. The van der Waals surface area contributed by atoms with Crippen LogP contribution in [0, 0.1) is 5.92 Å². The number of primary amides is 1. The van der Waals surface area contributed by atoms with Crippen LogP contribution in [0.4, 0.5) is 0 Å². The number of likely N-dealkylation sites (tertiary alicyclic amines) is 1. The van der Waals surface area contributed by atoms with E-state index in [1.54, 1.807) is 23.1 Å². The van der Waals surface area contributed by atoms with Crippen LogP contribution >= 0.6 is 12.4 Å². The van der Waals surface area contributed by atoms with E-state index in [1.165, 1.54) is 17.0 Å². The number of furan rings is 1. The molecular weight excluding hydrogens is 384 g/mol. The summed E-state index contributed by atoms with van der Waals surface area (Å²) >= 11 is 0. The van der Waals surface area contributed by atoms with Gasteiger partial charge in [-0.2, -0.15) is 0 Å². The number of hydrogen-bond donors (Lipinski definition) is 2. The summed E-state index contributed by atoms with van der Waals surface area (Å²) in [6.07, 6.45) is 3.64. The zero-order chi connectivity index (χ0) is 19.1. The Morgan fingerprint density at radius 1 is 1.36 bits per heavy atom. The molecule has 10 heteroatoms. The summed E-state index contributed by atoms with van der Waals surface area (Å²) in [7, 11) is 0. The number of nitrogens with two attached hydrogens (primary N) is 2. The van der Waals surface area contributed by atoms with Crippen molar-refractivity contribution in [2.45, 2.75) is 19.4 Å². The average molecular weight is 405 g/mol. The quantitative estimate of drug-likeness (QED) is 0.676. The molecule has 148 valence electrons. The number of amides is 2.